The molecule has 0 radical (unpaired) electrons. The molecule has 4 nitrogen and oxygen atoms in total. The van der Waals surface area contributed by atoms with E-state index in [0.29, 0.717) is 12.0 Å². The van der Waals surface area contributed by atoms with E-state index in [1.54, 1.807) is 12.4 Å². The quantitative estimate of drug-likeness (QED) is 0.830. The van der Waals surface area contributed by atoms with Crippen molar-refractivity contribution in [3.05, 3.63) is 12.4 Å². The predicted octanol–water partition coefficient (Wildman–Crippen LogP) is 2.39. The first kappa shape index (κ1) is 12.7. The van der Waals surface area contributed by atoms with Crippen LogP contribution in [0.4, 0.5) is 11.6 Å². The Morgan fingerprint density at radius 3 is 2.56 bits per heavy atom. The standard InChI is InChI=1S/C12H22N4/c1-9(2)6-10(3)16(5)12-8-14-7-11(13-4)15-12/h7-10H,6H2,1-5H3,(H,13,15). The minimum atomic E-state index is 0.474. The second-order valence-corrected chi connectivity index (χ2v) is 4.60. The predicted molar refractivity (Wildman–Crippen MR) is 68.9 cm³/mol. The second kappa shape index (κ2) is 5.68. The molecule has 0 aromatic carbocycles. The monoisotopic (exact) mass is 222 g/mol. The molecule has 0 aliphatic carbocycles. The highest BCUT2D eigenvalue weighted by Gasteiger charge is 2.13. The Morgan fingerprint density at radius 2 is 2.00 bits per heavy atom. The molecule has 0 spiro atoms. The van der Waals surface area contributed by atoms with Gasteiger partial charge in [-0.2, -0.15) is 0 Å². The molecular formula is C12H22N4. The van der Waals surface area contributed by atoms with E-state index in [1.165, 1.54) is 0 Å². The van der Waals surface area contributed by atoms with Gasteiger partial charge in [0.15, 0.2) is 0 Å². The van der Waals surface area contributed by atoms with Gasteiger partial charge in [-0.3, -0.25) is 4.98 Å². The number of rotatable bonds is 5. The van der Waals surface area contributed by atoms with Crippen molar-refractivity contribution in [2.75, 3.05) is 24.3 Å². The number of nitrogens with one attached hydrogen (secondary N) is 1. The van der Waals surface area contributed by atoms with E-state index >= 15 is 0 Å². The van der Waals surface area contributed by atoms with Crippen molar-refractivity contribution in [1.29, 1.82) is 0 Å². The molecule has 16 heavy (non-hydrogen) atoms. The fourth-order valence-corrected chi connectivity index (χ4v) is 1.71. The first-order valence-corrected chi connectivity index (χ1v) is 5.77. The summed E-state index contributed by atoms with van der Waals surface area (Å²) in [7, 11) is 3.92. The minimum absolute atomic E-state index is 0.474. The molecule has 4 heteroatoms. The first-order valence-electron chi connectivity index (χ1n) is 5.77. The van der Waals surface area contributed by atoms with E-state index in [2.05, 4.69) is 48.0 Å². The van der Waals surface area contributed by atoms with E-state index in [-0.39, 0.29) is 0 Å². The van der Waals surface area contributed by atoms with Gasteiger partial charge in [-0.1, -0.05) is 13.8 Å². The normalized spacial score (nSPS) is 12.6. The SMILES string of the molecule is CNc1cncc(N(C)C(C)CC(C)C)n1. The van der Waals surface area contributed by atoms with Crippen molar-refractivity contribution in [2.45, 2.75) is 33.2 Å². The van der Waals surface area contributed by atoms with Crippen LogP contribution in [0.15, 0.2) is 12.4 Å². The van der Waals surface area contributed by atoms with E-state index in [4.69, 9.17) is 0 Å². The molecule has 1 rings (SSSR count). The van der Waals surface area contributed by atoms with Crippen LogP contribution in [0.5, 0.6) is 0 Å². The van der Waals surface area contributed by atoms with E-state index in [1.807, 2.05) is 7.05 Å². The fourth-order valence-electron chi connectivity index (χ4n) is 1.71. The maximum atomic E-state index is 4.47. The number of anilines is 2. The molecule has 1 atom stereocenters. The Hall–Kier alpha value is -1.32. The molecule has 1 heterocycles. The lowest BCUT2D eigenvalue weighted by Crippen LogP contribution is -2.30. The van der Waals surface area contributed by atoms with Crippen LogP contribution in [0.1, 0.15) is 27.2 Å². The third-order valence-corrected chi connectivity index (χ3v) is 2.71. The third-order valence-electron chi connectivity index (χ3n) is 2.71. The molecule has 0 fully saturated rings. The maximum absolute atomic E-state index is 4.47. The lowest BCUT2D eigenvalue weighted by Gasteiger charge is -2.27. The zero-order chi connectivity index (χ0) is 12.1. The zero-order valence-electron chi connectivity index (χ0n) is 10.9. The molecule has 1 aromatic rings. The van der Waals surface area contributed by atoms with Crippen molar-refractivity contribution >= 4 is 11.6 Å². The van der Waals surface area contributed by atoms with Gasteiger partial charge in [-0.15, -0.1) is 0 Å². The van der Waals surface area contributed by atoms with Gasteiger partial charge in [-0.25, -0.2) is 4.98 Å². The van der Waals surface area contributed by atoms with E-state index in [9.17, 15) is 0 Å². The average Bonchev–Trinajstić information content (AvgIpc) is 2.27. The van der Waals surface area contributed by atoms with E-state index < -0.39 is 0 Å². The van der Waals surface area contributed by atoms with Crippen LogP contribution >= 0.6 is 0 Å². The highest BCUT2D eigenvalue weighted by molar-refractivity contribution is 5.43. The second-order valence-electron chi connectivity index (χ2n) is 4.60. The maximum Gasteiger partial charge on any atom is 0.149 e. The first-order chi connectivity index (χ1) is 7.54. The Morgan fingerprint density at radius 1 is 1.31 bits per heavy atom. The highest BCUT2D eigenvalue weighted by atomic mass is 15.2. The molecule has 1 N–H and O–H groups in total. The molecule has 0 bridgehead atoms. The van der Waals surface area contributed by atoms with Gasteiger partial charge in [0.2, 0.25) is 0 Å². The summed E-state index contributed by atoms with van der Waals surface area (Å²) in [6, 6.07) is 0.474. The molecule has 1 aromatic heterocycles. The summed E-state index contributed by atoms with van der Waals surface area (Å²) >= 11 is 0. The summed E-state index contributed by atoms with van der Waals surface area (Å²) in [4.78, 5) is 10.8. The summed E-state index contributed by atoms with van der Waals surface area (Å²) in [6.45, 7) is 6.69. The molecular weight excluding hydrogens is 200 g/mol. The summed E-state index contributed by atoms with van der Waals surface area (Å²) in [5.74, 6) is 2.42. The number of hydrogen-bond acceptors (Lipinski definition) is 4. The van der Waals surface area contributed by atoms with Crippen LogP contribution in [0, 0.1) is 5.92 Å². The van der Waals surface area contributed by atoms with E-state index in [0.717, 1.165) is 18.1 Å². The summed E-state index contributed by atoms with van der Waals surface area (Å²) in [5, 5.41) is 3.00. The van der Waals surface area contributed by atoms with Crippen LogP contribution in [-0.4, -0.2) is 30.1 Å². The van der Waals surface area contributed by atoms with Crippen LogP contribution in [0.3, 0.4) is 0 Å². The van der Waals surface area contributed by atoms with Crippen molar-refractivity contribution in [3.8, 4) is 0 Å². The third kappa shape index (κ3) is 3.36. The van der Waals surface area contributed by atoms with Crippen molar-refractivity contribution < 1.29 is 0 Å². The van der Waals surface area contributed by atoms with Gasteiger partial charge in [0.1, 0.15) is 11.6 Å². The van der Waals surface area contributed by atoms with Gasteiger partial charge in [0, 0.05) is 20.1 Å². The zero-order valence-corrected chi connectivity index (χ0v) is 10.9. The van der Waals surface area contributed by atoms with Crippen molar-refractivity contribution in [2.24, 2.45) is 5.92 Å². The molecule has 90 valence electrons. The van der Waals surface area contributed by atoms with Crippen LogP contribution in [0.25, 0.3) is 0 Å². The Kier molecular flexibility index (Phi) is 4.52. The number of aromatic nitrogens is 2. The Balaban J connectivity index is 2.74. The fraction of sp³-hybridized carbons (Fsp3) is 0.667. The largest absolute Gasteiger partial charge is 0.372 e. The molecule has 0 aliphatic heterocycles. The van der Waals surface area contributed by atoms with Gasteiger partial charge >= 0.3 is 0 Å². The van der Waals surface area contributed by atoms with Crippen LogP contribution < -0.4 is 10.2 Å². The number of nitrogens with zero attached hydrogens (tertiary/aromatic N) is 3. The molecule has 0 aliphatic rings. The summed E-state index contributed by atoms with van der Waals surface area (Å²) < 4.78 is 0. The molecule has 0 saturated heterocycles. The summed E-state index contributed by atoms with van der Waals surface area (Å²) in [5.41, 5.74) is 0. The van der Waals surface area contributed by atoms with Crippen molar-refractivity contribution in [3.63, 3.8) is 0 Å². The van der Waals surface area contributed by atoms with Gasteiger partial charge in [0.05, 0.1) is 12.4 Å². The van der Waals surface area contributed by atoms with Gasteiger partial charge in [-0.05, 0) is 19.3 Å². The highest BCUT2D eigenvalue weighted by Crippen LogP contribution is 2.17. The molecule has 0 amide bonds. The average molecular weight is 222 g/mol. The van der Waals surface area contributed by atoms with Crippen LogP contribution in [0.2, 0.25) is 0 Å². The topological polar surface area (TPSA) is 41.1 Å². The minimum Gasteiger partial charge on any atom is -0.372 e. The molecule has 0 saturated carbocycles. The Labute approximate surface area is 98.1 Å². The lowest BCUT2D eigenvalue weighted by atomic mass is 10.0. The van der Waals surface area contributed by atoms with Gasteiger partial charge in [0.25, 0.3) is 0 Å². The smallest absolute Gasteiger partial charge is 0.149 e. The summed E-state index contributed by atoms with van der Waals surface area (Å²) in [6.07, 6.45) is 4.68. The van der Waals surface area contributed by atoms with Gasteiger partial charge < -0.3 is 10.2 Å². The van der Waals surface area contributed by atoms with Crippen molar-refractivity contribution in [1.82, 2.24) is 9.97 Å². The number of hydrogen-bond donors (Lipinski definition) is 1. The van der Waals surface area contributed by atoms with Crippen LogP contribution in [-0.2, 0) is 0 Å². The lowest BCUT2D eigenvalue weighted by molar-refractivity contribution is 0.502. The molecule has 1 unspecified atom stereocenters. The Bertz CT molecular complexity index is 325.